The Hall–Kier alpha value is -3.38. The smallest absolute Gasteiger partial charge is 0.340 e. The molecule has 0 saturated heterocycles. The number of nitro benzene ring substituents is 1. The van der Waals surface area contributed by atoms with Crippen LogP contribution in [0, 0.1) is 28.7 Å². The highest BCUT2D eigenvalue weighted by atomic mass is 32.2. The molecule has 1 aromatic heterocycles. The van der Waals surface area contributed by atoms with Crippen LogP contribution in [0.3, 0.4) is 0 Å². The van der Waals surface area contributed by atoms with Gasteiger partial charge in [0.2, 0.25) is 0 Å². The third kappa shape index (κ3) is 5.83. The number of halogens is 2. The van der Waals surface area contributed by atoms with E-state index < -0.39 is 35.0 Å². The van der Waals surface area contributed by atoms with E-state index in [0.717, 1.165) is 35.7 Å². The Labute approximate surface area is 182 Å². The summed E-state index contributed by atoms with van der Waals surface area (Å²) in [5, 5.41) is 15.0. The lowest BCUT2D eigenvalue weighted by atomic mass is 10.2. The Morgan fingerprint density at radius 1 is 1.26 bits per heavy atom. The quantitative estimate of drug-likeness (QED) is 0.309. The van der Waals surface area contributed by atoms with Gasteiger partial charge >= 0.3 is 5.97 Å². The zero-order valence-electron chi connectivity index (χ0n) is 15.8. The standard InChI is InChI=1S/C19H13F2N3O5S2/c1-10-9-30-19(22-10)31-16-5-3-12(24(27)28)7-13(16)18(26)29-8-17(25)23-15-4-2-11(20)6-14(15)21/h2-7,9H,8H2,1H3,(H,23,25). The first-order chi connectivity index (χ1) is 14.7. The van der Waals surface area contributed by atoms with Crippen LogP contribution in [-0.2, 0) is 9.53 Å². The minimum Gasteiger partial charge on any atom is -0.452 e. The zero-order valence-corrected chi connectivity index (χ0v) is 17.4. The molecular weight excluding hydrogens is 452 g/mol. The number of anilines is 1. The third-order valence-electron chi connectivity index (χ3n) is 3.73. The normalized spacial score (nSPS) is 10.5. The van der Waals surface area contributed by atoms with Crippen LogP contribution in [0.4, 0.5) is 20.2 Å². The molecule has 0 radical (unpaired) electrons. The van der Waals surface area contributed by atoms with Gasteiger partial charge in [0.15, 0.2) is 10.9 Å². The minimum atomic E-state index is -0.990. The summed E-state index contributed by atoms with van der Waals surface area (Å²) < 4.78 is 32.1. The first kappa shape index (κ1) is 22.3. The average molecular weight is 465 g/mol. The molecule has 1 heterocycles. The van der Waals surface area contributed by atoms with Gasteiger partial charge in [0.05, 0.1) is 16.2 Å². The summed E-state index contributed by atoms with van der Waals surface area (Å²) in [6.45, 7) is 1.02. The van der Waals surface area contributed by atoms with Crippen LogP contribution in [0.2, 0.25) is 0 Å². The van der Waals surface area contributed by atoms with Gasteiger partial charge in [0.1, 0.15) is 11.6 Å². The van der Waals surface area contributed by atoms with E-state index in [1.165, 1.54) is 23.5 Å². The lowest BCUT2D eigenvalue weighted by molar-refractivity contribution is -0.384. The number of nitro groups is 1. The van der Waals surface area contributed by atoms with Gasteiger partial charge in [-0.15, -0.1) is 11.3 Å². The highest BCUT2D eigenvalue weighted by Crippen LogP contribution is 2.34. The van der Waals surface area contributed by atoms with Gasteiger partial charge in [-0.05, 0) is 25.1 Å². The predicted octanol–water partition coefficient (Wildman–Crippen LogP) is 4.58. The fourth-order valence-corrected chi connectivity index (χ4v) is 4.23. The Bertz CT molecular complexity index is 1170. The number of nitrogens with zero attached hydrogens (tertiary/aromatic N) is 2. The lowest BCUT2D eigenvalue weighted by Gasteiger charge is -2.09. The Kier molecular flexibility index (Phi) is 6.92. The fourth-order valence-electron chi connectivity index (χ4n) is 2.34. The molecule has 1 amide bonds. The van der Waals surface area contributed by atoms with Crippen molar-refractivity contribution in [1.82, 2.24) is 4.98 Å². The SMILES string of the molecule is Cc1csc(Sc2ccc([N+](=O)[O-])cc2C(=O)OCC(=O)Nc2ccc(F)cc2F)n1. The molecule has 0 saturated carbocycles. The van der Waals surface area contributed by atoms with Crippen molar-refractivity contribution in [2.45, 2.75) is 16.2 Å². The van der Waals surface area contributed by atoms with Crippen LogP contribution >= 0.6 is 23.1 Å². The van der Waals surface area contributed by atoms with Gasteiger partial charge < -0.3 is 10.1 Å². The van der Waals surface area contributed by atoms with Crippen LogP contribution in [0.1, 0.15) is 16.1 Å². The summed E-state index contributed by atoms with van der Waals surface area (Å²) in [5.41, 5.74) is 0.0497. The van der Waals surface area contributed by atoms with Gasteiger partial charge in [-0.2, -0.15) is 0 Å². The molecule has 0 spiro atoms. The maximum absolute atomic E-state index is 13.6. The number of rotatable bonds is 7. The van der Waals surface area contributed by atoms with E-state index in [0.29, 0.717) is 15.3 Å². The van der Waals surface area contributed by atoms with Gasteiger partial charge in [0, 0.05) is 34.2 Å². The maximum atomic E-state index is 13.6. The van der Waals surface area contributed by atoms with E-state index in [2.05, 4.69) is 10.3 Å². The molecule has 0 atom stereocenters. The summed E-state index contributed by atoms with van der Waals surface area (Å²) in [5.74, 6) is -3.65. The molecule has 0 aliphatic rings. The van der Waals surface area contributed by atoms with Crippen LogP contribution in [0.15, 0.2) is 51.0 Å². The number of ether oxygens (including phenoxy) is 1. The minimum absolute atomic E-state index is 0.118. The van der Waals surface area contributed by atoms with E-state index in [1.807, 2.05) is 5.38 Å². The van der Waals surface area contributed by atoms with Crippen molar-refractivity contribution in [3.05, 3.63) is 74.8 Å². The van der Waals surface area contributed by atoms with E-state index in [1.54, 1.807) is 6.92 Å². The number of amides is 1. The fraction of sp³-hybridized carbons (Fsp3) is 0.105. The molecular formula is C19H13F2N3O5S2. The number of esters is 1. The highest BCUT2D eigenvalue weighted by Gasteiger charge is 2.21. The van der Waals surface area contributed by atoms with Gasteiger partial charge in [-0.1, -0.05) is 11.8 Å². The molecule has 8 nitrogen and oxygen atoms in total. The maximum Gasteiger partial charge on any atom is 0.340 e. The molecule has 0 aliphatic carbocycles. The van der Waals surface area contributed by atoms with E-state index >= 15 is 0 Å². The van der Waals surface area contributed by atoms with Crippen molar-refractivity contribution < 1.29 is 28.0 Å². The molecule has 0 bridgehead atoms. The lowest BCUT2D eigenvalue weighted by Crippen LogP contribution is -2.21. The van der Waals surface area contributed by atoms with Crippen molar-refractivity contribution in [3.8, 4) is 0 Å². The average Bonchev–Trinajstić information content (AvgIpc) is 3.13. The van der Waals surface area contributed by atoms with E-state index in [4.69, 9.17) is 4.74 Å². The summed E-state index contributed by atoms with van der Waals surface area (Å²) in [4.78, 5) is 39.5. The molecule has 2 aromatic carbocycles. The number of carbonyl (C=O) groups excluding carboxylic acids is 2. The number of thiazole rings is 1. The van der Waals surface area contributed by atoms with Crippen LogP contribution in [0.25, 0.3) is 0 Å². The molecule has 3 aromatic rings. The molecule has 12 heteroatoms. The second kappa shape index (κ2) is 9.62. The van der Waals surface area contributed by atoms with Crippen molar-refractivity contribution >= 4 is 46.3 Å². The monoisotopic (exact) mass is 465 g/mol. The number of aromatic nitrogens is 1. The van der Waals surface area contributed by atoms with Crippen molar-refractivity contribution in [1.29, 1.82) is 0 Å². The summed E-state index contributed by atoms with van der Waals surface area (Å²) >= 11 is 2.46. The van der Waals surface area contributed by atoms with Crippen molar-refractivity contribution in [2.75, 3.05) is 11.9 Å². The van der Waals surface area contributed by atoms with Crippen molar-refractivity contribution in [3.63, 3.8) is 0 Å². The number of non-ortho nitro benzene ring substituents is 1. The molecule has 0 unspecified atom stereocenters. The number of aryl methyl sites for hydroxylation is 1. The summed E-state index contributed by atoms with van der Waals surface area (Å²) in [6, 6.07) is 6.25. The third-order valence-corrected chi connectivity index (χ3v) is 5.86. The molecule has 160 valence electrons. The van der Waals surface area contributed by atoms with E-state index in [-0.39, 0.29) is 16.9 Å². The number of hydrogen-bond donors (Lipinski definition) is 1. The predicted molar refractivity (Wildman–Crippen MR) is 109 cm³/mol. The Morgan fingerprint density at radius 2 is 2.03 bits per heavy atom. The second-order valence-corrected chi connectivity index (χ2v) is 8.19. The van der Waals surface area contributed by atoms with Gasteiger partial charge in [-0.25, -0.2) is 18.6 Å². The summed E-state index contributed by atoms with van der Waals surface area (Å²) in [6.07, 6.45) is 0. The Balaban J connectivity index is 1.73. The molecule has 31 heavy (non-hydrogen) atoms. The number of hydrogen-bond acceptors (Lipinski definition) is 8. The zero-order chi connectivity index (χ0) is 22.5. The van der Waals surface area contributed by atoms with Crippen LogP contribution in [0.5, 0.6) is 0 Å². The second-order valence-electron chi connectivity index (χ2n) is 6.04. The molecule has 3 rings (SSSR count). The van der Waals surface area contributed by atoms with Crippen LogP contribution in [-0.4, -0.2) is 28.4 Å². The van der Waals surface area contributed by atoms with Crippen LogP contribution < -0.4 is 5.32 Å². The summed E-state index contributed by atoms with van der Waals surface area (Å²) in [7, 11) is 0. The molecule has 0 aliphatic heterocycles. The van der Waals surface area contributed by atoms with E-state index in [9.17, 15) is 28.5 Å². The van der Waals surface area contributed by atoms with Gasteiger partial charge in [0.25, 0.3) is 11.6 Å². The first-order valence-corrected chi connectivity index (χ1v) is 10.2. The topological polar surface area (TPSA) is 111 Å². The largest absolute Gasteiger partial charge is 0.452 e. The number of carbonyl (C=O) groups is 2. The highest BCUT2D eigenvalue weighted by molar-refractivity contribution is 8.01. The van der Waals surface area contributed by atoms with Crippen molar-refractivity contribution in [2.24, 2.45) is 0 Å². The number of benzene rings is 2. The number of nitrogens with one attached hydrogen (secondary N) is 1. The molecule has 0 fully saturated rings. The Morgan fingerprint density at radius 3 is 2.68 bits per heavy atom. The first-order valence-electron chi connectivity index (χ1n) is 8.53. The van der Waals surface area contributed by atoms with Gasteiger partial charge in [-0.3, -0.25) is 14.9 Å². The molecule has 1 N–H and O–H groups in total.